The zero-order chi connectivity index (χ0) is 13.2. The van der Waals surface area contributed by atoms with Crippen molar-refractivity contribution in [3.8, 4) is 0 Å². The van der Waals surface area contributed by atoms with E-state index < -0.39 is 0 Å². The Morgan fingerprint density at radius 3 is 2.63 bits per heavy atom. The molecule has 19 heavy (non-hydrogen) atoms. The number of carbonyl (C=O) groups is 2. The number of urea groups is 1. The molecule has 0 spiro atoms. The molecule has 3 rings (SSSR count). The maximum atomic E-state index is 12.5. The number of fused-ring (bicyclic) bond motifs is 1. The smallest absolute Gasteiger partial charge is 0.324 e. The van der Waals surface area contributed by atoms with E-state index in [2.05, 4.69) is 0 Å². The van der Waals surface area contributed by atoms with Gasteiger partial charge >= 0.3 is 6.03 Å². The first-order chi connectivity index (χ1) is 9.27. The summed E-state index contributed by atoms with van der Waals surface area (Å²) in [4.78, 5) is 27.9. The Hall–Kier alpha value is -1.88. The Morgan fingerprint density at radius 1 is 1.11 bits per heavy atom. The minimum atomic E-state index is -0.0248. The lowest BCUT2D eigenvalue weighted by molar-refractivity contribution is 0.0547. The fraction of sp³-hybridized carbons (Fsp3) is 0.429. The van der Waals surface area contributed by atoms with Crippen LogP contribution < -0.4 is 4.90 Å². The molecule has 1 aromatic rings. The average Bonchev–Trinajstić information content (AvgIpc) is 2.48. The molecule has 1 aromatic carbocycles. The number of ether oxygens (including phenoxy) is 1. The summed E-state index contributed by atoms with van der Waals surface area (Å²) in [6.45, 7) is 2.86. The quantitative estimate of drug-likeness (QED) is 0.711. The van der Waals surface area contributed by atoms with Crippen molar-refractivity contribution in [3.63, 3.8) is 0 Å². The van der Waals surface area contributed by atoms with Gasteiger partial charge in [0, 0.05) is 31.6 Å². The van der Waals surface area contributed by atoms with E-state index in [0.29, 0.717) is 44.8 Å². The third kappa shape index (κ3) is 2.21. The van der Waals surface area contributed by atoms with Crippen LogP contribution in [0.15, 0.2) is 24.3 Å². The van der Waals surface area contributed by atoms with Crippen LogP contribution in [-0.4, -0.2) is 49.6 Å². The van der Waals surface area contributed by atoms with Crippen molar-refractivity contribution in [2.24, 2.45) is 0 Å². The molecule has 2 amide bonds. The SMILES string of the molecule is O=C1CCN(C(=O)N2CCOCC2)c2ccccc21. The first-order valence-corrected chi connectivity index (χ1v) is 6.54. The summed E-state index contributed by atoms with van der Waals surface area (Å²) < 4.78 is 5.26. The Balaban J connectivity index is 1.87. The summed E-state index contributed by atoms with van der Waals surface area (Å²) in [6, 6.07) is 7.29. The molecule has 0 unspecified atom stereocenters. The predicted octanol–water partition coefficient (Wildman–Crippen LogP) is 1.53. The van der Waals surface area contributed by atoms with Gasteiger partial charge in [-0.25, -0.2) is 4.79 Å². The van der Waals surface area contributed by atoms with E-state index in [9.17, 15) is 9.59 Å². The van der Waals surface area contributed by atoms with E-state index in [0.717, 1.165) is 5.69 Å². The molecule has 0 saturated carbocycles. The third-order valence-electron chi connectivity index (χ3n) is 3.57. The Kier molecular flexibility index (Phi) is 3.21. The Morgan fingerprint density at radius 2 is 1.84 bits per heavy atom. The van der Waals surface area contributed by atoms with Gasteiger partial charge in [0.15, 0.2) is 5.78 Å². The van der Waals surface area contributed by atoms with Gasteiger partial charge in [0.25, 0.3) is 0 Å². The highest BCUT2D eigenvalue weighted by Gasteiger charge is 2.30. The van der Waals surface area contributed by atoms with Crippen LogP contribution in [0.3, 0.4) is 0 Å². The van der Waals surface area contributed by atoms with Crippen LogP contribution in [0.1, 0.15) is 16.8 Å². The number of ketones is 1. The number of para-hydroxylation sites is 1. The van der Waals surface area contributed by atoms with Crippen molar-refractivity contribution >= 4 is 17.5 Å². The van der Waals surface area contributed by atoms with E-state index in [1.165, 1.54) is 0 Å². The second-order valence-electron chi connectivity index (χ2n) is 4.72. The van der Waals surface area contributed by atoms with Gasteiger partial charge in [0.2, 0.25) is 0 Å². The van der Waals surface area contributed by atoms with Crippen LogP contribution >= 0.6 is 0 Å². The first kappa shape index (κ1) is 12.2. The fourth-order valence-electron chi connectivity index (χ4n) is 2.54. The van der Waals surface area contributed by atoms with Crippen molar-refractivity contribution in [1.29, 1.82) is 0 Å². The maximum Gasteiger partial charge on any atom is 0.324 e. The summed E-state index contributed by atoms with van der Waals surface area (Å²) in [5.41, 5.74) is 1.38. The van der Waals surface area contributed by atoms with E-state index in [-0.39, 0.29) is 11.8 Å². The topological polar surface area (TPSA) is 49.9 Å². The second kappa shape index (κ2) is 5.01. The molecule has 0 aromatic heterocycles. The van der Waals surface area contributed by atoms with Crippen LogP contribution in [0.4, 0.5) is 10.5 Å². The van der Waals surface area contributed by atoms with Crippen molar-refractivity contribution in [1.82, 2.24) is 4.90 Å². The standard InChI is InChI=1S/C14H16N2O3/c17-13-5-6-16(12-4-2-1-3-11(12)13)14(18)15-7-9-19-10-8-15/h1-4H,5-10H2. The fourth-order valence-corrected chi connectivity index (χ4v) is 2.54. The Bertz CT molecular complexity index is 509. The number of Topliss-reactive ketones (excluding diaryl/α,β-unsaturated/α-hetero) is 1. The van der Waals surface area contributed by atoms with Gasteiger partial charge in [-0.05, 0) is 12.1 Å². The second-order valence-corrected chi connectivity index (χ2v) is 4.72. The number of anilines is 1. The van der Waals surface area contributed by atoms with E-state index >= 15 is 0 Å². The van der Waals surface area contributed by atoms with Gasteiger partial charge in [-0.1, -0.05) is 12.1 Å². The van der Waals surface area contributed by atoms with Crippen LogP contribution in [0, 0.1) is 0 Å². The molecule has 0 atom stereocenters. The molecule has 2 aliphatic rings. The van der Waals surface area contributed by atoms with Crippen molar-refractivity contribution < 1.29 is 14.3 Å². The molecule has 1 saturated heterocycles. The molecule has 2 heterocycles. The van der Waals surface area contributed by atoms with Crippen LogP contribution in [0.25, 0.3) is 0 Å². The number of carbonyl (C=O) groups excluding carboxylic acids is 2. The summed E-state index contributed by atoms with van der Waals surface area (Å²) in [5.74, 6) is 0.113. The largest absolute Gasteiger partial charge is 0.378 e. The van der Waals surface area contributed by atoms with Crippen LogP contribution in [-0.2, 0) is 4.74 Å². The predicted molar refractivity (Wildman–Crippen MR) is 70.5 cm³/mol. The number of nitrogens with zero attached hydrogens (tertiary/aromatic N) is 2. The minimum absolute atomic E-state index is 0.0248. The third-order valence-corrected chi connectivity index (χ3v) is 3.57. The lowest BCUT2D eigenvalue weighted by Gasteiger charge is -2.35. The van der Waals surface area contributed by atoms with Crippen molar-refractivity contribution in [2.45, 2.75) is 6.42 Å². The lowest BCUT2D eigenvalue weighted by Crippen LogP contribution is -2.50. The van der Waals surface area contributed by atoms with Gasteiger partial charge in [-0.2, -0.15) is 0 Å². The number of benzene rings is 1. The van der Waals surface area contributed by atoms with Crippen LogP contribution in [0.5, 0.6) is 0 Å². The molecule has 100 valence electrons. The zero-order valence-electron chi connectivity index (χ0n) is 10.7. The summed E-state index contributed by atoms with van der Waals surface area (Å²) in [7, 11) is 0. The summed E-state index contributed by atoms with van der Waals surface area (Å²) in [6.07, 6.45) is 0.396. The van der Waals surface area contributed by atoms with E-state index in [4.69, 9.17) is 4.74 Å². The molecule has 2 aliphatic heterocycles. The molecular formula is C14H16N2O3. The van der Waals surface area contributed by atoms with Gasteiger partial charge in [-0.15, -0.1) is 0 Å². The number of rotatable bonds is 0. The number of amides is 2. The van der Waals surface area contributed by atoms with Crippen LogP contribution in [0.2, 0.25) is 0 Å². The average molecular weight is 260 g/mol. The molecule has 1 fully saturated rings. The summed E-state index contributed by atoms with van der Waals surface area (Å²) in [5, 5.41) is 0. The highest BCUT2D eigenvalue weighted by Crippen LogP contribution is 2.27. The molecule has 0 radical (unpaired) electrons. The Labute approximate surface area is 111 Å². The molecular weight excluding hydrogens is 244 g/mol. The minimum Gasteiger partial charge on any atom is -0.378 e. The lowest BCUT2D eigenvalue weighted by atomic mass is 10.0. The molecule has 0 N–H and O–H groups in total. The molecule has 5 heteroatoms. The molecule has 5 nitrogen and oxygen atoms in total. The maximum absolute atomic E-state index is 12.5. The highest BCUT2D eigenvalue weighted by molar-refractivity contribution is 6.08. The zero-order valence-corrected chi connectivity index (χ0v) is 10.7. The molecule has 0 bridgehead atoms. The van der Waals surface area contributed by atoms with Gasteiger partial charge in [0.05, 0.1) is 18.9 Å². The number of hydrogen-bond acceptors (Lipinski definition) is 3. The first-order valence-electron chi connectivity index (χ1n) is 6.54. The van der Waals surface area contributed by atoms with Gasteiger partial charge < -0.3 is 9.64 Å². The summed E-state index contributed by atoms with van der Waals surface area (Å²) >= 11 is 0. The number of morpholine rings is 1. The molecule has 0 aliphatic carbocycles. The van der Waals surface area contributed by atoms with Gasteiger partial charge in [-0.3, -0.25) is 9.69 Å². The van der Waals surface area contributed by atoms with E-state index in [1.807, 2.05) is 18.2 Å². The van der Waals surface area contributed by atoms with Gasteiger partial charge in [0.1, 0.15) is 0 Å². The van der Waals surface area contributed by atoms with Crippen molar-refractivity contribution in [2.75, 3.05) is 37.7 Å². The van der Waals surface area contributed by atoms with E-state index in [1.54, 1.807) is 15.9 Å². The van der Waals surface area contributed by atoms with Crippen molar-refractivity contribution in [3.05, 3.63) is 29.8 Å². The number of hydrogen-bond donors (Lipinski definition) is 0. The monoisotopic (exact) mass is 260 g/mol. The normalized spacial score (nSPS) is 19.3. The highest BCUT2D eigenvalue weighted by atomic mass is 16.5.